The summed E-state index contributed by atoms with van der Waals surface area (Å²) in [7, 11) is 0. The lowest BCUT2D eigenvalue weighted by Gasteiger charge is -2.06. The van der Waals surface area contributed by atoms with Gasteiger partial charge < -0.3 is 5.32 Å². The van der Waals surface area contributed by atoms with Crippen molar-refractivity contribution in [2.75, 3.05) is 0 Å². The fourth-order valence-corrected chi connectivity index (χ4v) is 0.811. The Balaban J connectivity index is 0.00000121. The van der Waals surface area contributed by atoms with E-state index in [-0.39, 0.29) is 12.4 Å². The van der Waals surface area contributed by atoms with E-state index in [1.807, 2.05) is 24.4 Å². The van der Waals surface area contributed by atoms with Gasteiger partial charge in [-0.2, -0.15) is 0 Å². The molecule has 3 heteroatoms. The summed E-state index contributed by atoms with van der Waals surface area (Å²) in [6.45, 7) is 5.12. The fourth-order valence-electron chi connectivity index (χ4n) is 0.811. The number of aromatic nitrogens is 1. The third-order valence-electron chi connectivity index (χ3n) is 1.42. The van der Waals surface area contributed by atoms with Gasteiger partial charge in [0.05, 0.1) is 5.69 Å². The van der Waals surface area contributed by atoms with Gasteiger partial charge in [0, 0.05) is 18.8 Å². The van der Waals surface area contributed by atoms with Crippen molar-refractivity contribution in [3.05, 3.63) is 30.1 Å². The van der Waals surface area contributed by atoms with Crippen molar-refractivity contribution in [1.29, 1.82) is 0 Å². The van der Waals surface area contributed by atoms with Crippen molar-refractivity contribution in [3.63, 3.8) is 0 Å². The lowest BCUT2D eigenvalue weighted by Crippen LogP contribution is -2.22. The zero-order valence-corrected chi connectivity index (χ0v) is 8.27. The molecule has 1 aromatic rings. The summed E-state index contributed by atoms with van der Waals surface area (Å²) in [6.07, 6.45) is 1.82. The van der Waals surface area contributed by atoms with Crippen LogP contribution >= 0.6 is 12.4 Å². The van der Waals surface area contributed by atoms with Crippen LogP contribution in [0.1, 0.15) is 19.5 Å². The minimum atomic E-state index is 0. The van der Waals surface area contributed by atoms with Gasteiger partial charge in [-0.25, -0.2) is 0 Å². The van der Waals surface area contributed by atoms with E-state index in [1.54, 1.807) is 0 Å². The zero-order chi connectivity index (χ0) is 8.10. The largest absolute Gasteiger partial charge is 0.309 e. The van der Waals surface area contributed by atoms with E-state index in [0.29, 0.717) is 6.04 Å². The lowest BCUT2D eigenvalue weighted by molar-refractivity contribution is 0.581. The SMILES string of the molecule is CC(C)NCc1ccccn1.Cl. The highest BCUT2D eigenvalue weighted by molar-refractivity contribution is 5.85. The average Bonchev–Trinajstić information content (AvgIpc) is 2.03. The second-order valence-electron chi connectivity index (χ2n) is 2.86. The van der Waals surface area contributed by atoms with Crippen LogP contribution in [0.15, 0.2) is 24.4 Å². The molecule has 0 fully saturated rings. The molecule has 0 spiro atoms. The molecule has 0 saturated carbocycles. The maximum absolute atomic E-state index is 4.19. The van der Waals surface area contributed by atoms with Crippen LogP contribution < -0.4 is 5.32 Å². The molecule has 2 nitrogen and oxygen atoms in total. The van der Waals surface area contributed by atoms with Crippen LogP contribution in [0.2, 0.25) is 0 Å². The Hall–Kier alpha value is -0.600. The summed E-state index contributed by atoms with van der Waals surface area (Å²) in [5, 5.41) is 3.30. The Labute approximate surface area is 79.8 Å². The predicted molar refractivity (Wildman–Crippen MR) is 53.5 cm³/mol. The van der Waals surface area contributed by atoms with E-state index in [9.17, 15) is 0 Å². The molecule has 68 valence electrons. The molecule has 1 rings (SSSR count). The first-order valence-corrected chi connectivity index (χ1v) is 3.92. The van der Waals surface area contributed by atoms with Gasteiger partial charge in [-0.05, 0) is 12.1 Å². The minimum Gasteiger partial charge on any atom is -0.309 e. The van der Waals surface area contributed by atoms with Crippen LogP contribution in [-0.2, 0) is 6.54 Å². The van der Waals surface area contributed by atoms with Gasteiger partial charge in [-0.1, -0.05) is 19.9 Å². The predicted octanol–water partition coefficient (Wildman–Crippen LogP) is 2.00. The lowest BCUT2D eigenvalue weighted by atomic mass is 10.3. The molecule has 0 aliphatic heterocycles. The molecule has 1 heterocycles. The van der Waals surface area contributed by atoms with Crippen molar-refractivity contribution >= 4 is 12.4 Å². The van der Waals surface area contributed by atoms with Crippen molar-refractivity contribution in [1.82, 2.24) is 10.3 Å². The Morgan fingerprint density at radius 3 is 2.67 bits per heavy atom. The smallest absolute Gasteiger partial charge is 0.0541 e. The first kappa shape index (κ1) is 11.4. The van der Waals surface area contributed by atoms with Gasteiger partial charge >= 0.3 is 0 Å². The molecule has 0 aliphatic rings. The summed E-state index contributed by atoms with van der Waals surface area (Å²) in [5.41, 5.74) is 1.10. The topological polar surface area (TPSA) is 24.9 Å². The van der Waals surface area contributed by atoms with E-state index in [0.717, 1.165) is 12.2 Å². The van der Waals surface area contributed by atoms with Crippen molar-refractivity contribution in [3.8, 4) is 0 Å². The molecule has 12 heavy (non-hydrogen) atoms. The van der Waals surface area contributed by atoms with Crippen LogP contribution in [0.25, 0.3) is 0 Å². The van der Waals surface area contributed by atoms with Crippen LogP contribution in [0, 0.1) is 0 Å². The number of hydrogen-bond acceptors (Lipinski definition) is 2. The molecule has 0 amide bonds. The van der Waals surface area contributed by atoms with Gasteiger partial charge in [-0.15, -0.1) is 12.4 Å². The number of rotatable bonds is 3. The van der Waals surface area contributed by atoms with Gasteiger partial charge in [0.2, 0.25) is 0 Å². The maximum Gasteiger partial charge on any atom is 0.0541 e. The first-order chi connectivity index (χ1) is 5.29. The van der Waals surface area contributed by atoms with E-state index < -0.39 is 0 Å². The molecule has 0 atom stereocenters. The van der Waals surface area contributed by atoms with Crippen molar-refractivity contribution in [2.45, 2.75) is 26.4 Å². The number of hydrogen-bond donors (Lipinski definition) is 1. The van der Waals surface area contributed by atoms with E-state index in [4.69, 9.17) is 0 Å². The highest BCUT2D eigenvalue weighted by atomic mass is 35.5. The maximum atomic E-state index is 4.19. The standard InChI is InChI=1S/C9H14N2.ClH/c1-8(2)11-7-9-5-3-4-6-10-9;/h3-6,8,11H,7H2,1-2H3;1H. The molecule has 0 aromatic carbocycles. The molecule has 0 bridgehead atoms. The van der Waals surface area contributed by atoms with Crippen LogP contribution in [0.5, 0.6) is 0 Å². The molecule has 0 unspecified atom stereocenters. The third-order valence-corrected chi connectivity index (χ3v) is 1.42. The normalized spacial score (nSPS) is 9.58. The highest BCUT2D eigenvalue weighted by Crippen LogP contribution is 1.92. The fraction of sp³-hybridized carbons (Fsp3) is 0.444. The second kappa shape index (κ2) is 5.98. The number of nitrogens with zero attached hydrogens (tertiary/aromatic N) is 1. The van der Waals surface area contributed by atoms with Gasteiger partial charge in [0.1, 0.15) is 0 Å². The quantitative estimate of drug-likeness (QED) is 0.781. The zero-order valence-electron chi connectivity index (χ0n) is 7.45. The average molecular weight is 187 g/mol. The molecule has 0 aliphatic carbocycles. The molecule has 0 saturated heterocycles. The van der Waals surface area contributed by atoms with Gasteiger partial charge in [0.25, 0.3) is 0 Å². The van der Waals surface area contributed by atoms with E-state index in [1.165, 1.54) is 0 Å². The molecule has 0 radical (unpaired) electrons. The first-order valence-electron chi connectivity index (χ1n) is 3.92. The highest BCUT2D eigenvalue weighted by Gasteiger charge is 1.93. The van der Waals surface area contributed by atoms with Crippen LogP contribution in [0.3, 0.4) is 0 Å². The van der Waals surface area contributed by atoms with Crippen LogP contribution in [-0.4, -0.2) is 11.0 Å². The summed E-state index contributed by atoms with van der Waals surface area (Å²) in [4.78, 5) is 4.19. The number of halogens is 1. The van der Waals surface area contributed by atoms with E-state index in [2.05, 4.69) is 24.1 Å². The van der Waals surface area contributed by atoms with Crippen molar-refractivity contribution < 1.29 is 0 Å². The Morgan fingerprint density at radius 2 is 2.17 bits per heavy atom. The Bertz CT molecular complexity index is 199. The number of pyridine rings is 1. The molecular formula is C9H15ClN2. The summed E-state index contributed by atoms with van der Waals surface area (Å²) in [5.74, 6) is 0. The summed E-state index contributed by atoms with van der Waals surface area (Å²) >= 11 is 0. The Kier molecular flexibility index (Phi) is 5.68. The summed E-state index contributed by atoms with van der Waals surface area (Å²) < 4.78 is 0. The third kappa shape index (κ3) is 4.31. The monoisotopic (exact) mass is 186 g/mol. The second-order valence-corrected chi connectivity index (χ2v) is 2.86. The molecule has 1 aromatic heterocycles. The van der Waals surface area contributed by atoms with Gasteiger partial charge in [0.15, 0.2) is 0 Å². The molecular weight excluding hydrogens is 172 g/mol. The summed E-state index contributed by atoms with van der Waals surface area (Å²) in [6, 6.07) is 6.48. The Morgan fingerprint density at radius 1 is 1.42 bits per heavy atom. The number of nitrogens with one attached hydrogen (secondary N) is 1. The minimum absolute atomic E-state index is 0. The van der Waals surface area contributed by atoms with Crippen LogP contribution in [0.4, 0.5) is 0 Å². The van der Waals surface area contributed by atoms with Gasteiger partial charge in [-0.3, -0.25) is 4.98 Å². The van der Waals surface area contributed by atoms with E-state index >= 15 is 0 Å². The molecule has 1 N–H and O–H groups in total. The van der Waals surface area contributed by atoms with Crippen molar-refractivity contribution in [2.24, 2.45) is 0 Å².